The number of hydrogen-bond acceptors (Lipinski definition) is 7. The predicted octanol–water partition coefficient (Wildman–Crippen LogP) is 0.726. The van der Waals surface area contributed by atoms with Gasteiger partial charge in [-0.1, -0.05) is 6.92 Å². The van der Waals surface area contributed by atoms with E-state index in [1.165, 1.54) is 0 Å². The molecule has 108 valence electrons. The zero-order chi connectivity index (χ0) is 14.2. The Labute approximate surface area is 117 Å². The molecule has 1 aliphatic rings. The van der Waals surface area contributed by atoms with Crippen LogP contribution in [-0.4, -0.2) is 43.3 Å². The molecule has 0 aromatic carbocycles. The van der Waals surface area contributed by atoms with Crippen molar-refractivity contribution in [3.8, 4) is 0 Å². The Morgan fingerprint density at radius 3 is 2.68 bits per heavy atom. The van der Waals surface area contributed by atoms with Crippen LogP contribution in [-0.2, 0) is 9.84 Å². The monoisotopic (exact) mass is 305 g/mol. The quantitative estimate of drug-likeness (QED) is 0.832. The van der Waals surface area contributed by atoms with Gasteiger partial charge in [0.1, 0.15) is 9.90 Å². The van der Waals surface area contributed by atoms with E-state index >= 15 is 0 Å². The molecule has 1 saturated carbocycles. The maximum absolute atomic E-state index is 12.0. The first kappa shape index (κ1) is 14.5. The molecule has 0 atom stereocenters. The molecule has 1 heterocycles. The minimum Gasteiger partial charge on any atom is -0.393 e. The highest BCUT2D eigenvalue weighted by Gasteiger charge is 2.31. The van der Waals surface area contributed by atoms with Gasteiger partial charge in [0.25, 0.3) is 0 Å². The average molecular weight is 305 g/mol. The average Bonchev–Trinajstić information content (AvgIpc) is 2.70. The molecule has 0 aliphatic heterocycles. The van der Waals surface area contributed by atoms with Gasteiger partial charge in [0.2, 0.25) is 0 Å². The molecule has 3 N–H and O–H groups in total. The molecule has 1 aromatic rings. The van der Waals surface area contributed by atoms with E-state index in [1.54, 1.807) is 6.92 Å². The van der Waals surface area contributed by atoms with Gasteiger partial charge >= 0.3 is 0 Å². The first-order valence-electron chi connectivity index (χ1n) is 6.22. The number of aliphatic hydroxyl groups is 1. The fourth-order valence-corrected chi connectivity index (χ4v) is 4.59. The van der Waals surface area contributed by atoms with E-state index in [2.05, 4.69) is 4.37 Å². The standard InChI is InChI=1S/C11H19N3O3S2/c1-3-19(16,17)9-10(12)13-18-11(9)14(2)6-7-4-8(15)5-7/h7-8,15H,3-6H2,1-2H3,(H2,12,13). The van der Waals surface area contributed by atoms with E-state index in [4.69, 9.17) is 5.73 Å². The Kier molecular flexibility index (Phi) is 4.03. The Balaban J connectivity index is 2.20. The summed E-state index contributed by atoms with van der Waals surface area (Å²) in [5, 5.41) is 9.88. The van der Waals surface area contributed by atoms with Crippen LogP contribution in [0.4, 0.5) is 10.8 Å². The fraction of sp³-hybridized carbons (Fsp3) is 0.727. The minimum atomic E-state index is -3.36. The van der Waals surface area contributed by atoms with E-state index in [9.17, 15) is 13.5 Å². The van der Waals surface area contributed by atoms with E-state index in [-0.39, 0.29) is 22.6 Å². The number of aliphatic hydroxyl groups excluding tert-OH is 1. The lowest BCUT2D eigenvalue weighted by Gasteiger charge is -2.34. The van der Waals surface area contributed by atoms with E-state index < -0.39 is 9.84 Å². The summed E-state index contributed by atoms with van der Waals surface area (Å²) >= 11 is 1.11. The Bertz CT molecular complexity index is 550. The number of nitrogen functional groups attached to an aromatic ring is 1. The van der Waals surface area contributed by atoms with Gasteiger partial charge in [0.05, 0.1) is 11.9 Å². The second kappa shape index (κ2) is 5.26. The molecule has 0 radical (unpaired) electrons. The molecular formula is C11H19N3O3S2. The summed E-state index contributed by atoms with van der Waals surface area (Å²) in [5.41, 5.74) is 5.69. The van der Waals surface area contributed by atoms with Gasteiger partial charge in [-0.3, -0.25) is 0 Å². The maximum Gasteiger partial charge on any atom is 0.184 e. The van der Waals surface area contributed by atoms with Crippen LogP contribution in [0.2, 0.25) is 0 Å². The Morgan fingerprint density at radius 1 is 1.53 bits per heavy atom. The number of anilines is 2. The molecule has 1 fully saturated rings. The second-order valence-electron chi connectivity index (χ2n) is 4.98. The number of nitrogens with two attached hydrogens (primary N) is 1. The normalized spacial score (nSPS) is 23.1. The van der Waals surface area contributed by atoms with Crippen LogP contribution in [0.3, 0.4) is 0 Å². The Morgan fingerprint density at radius 2 is 2.16 bits per heavy atom. The van der Waals surface area contributed by atoms with Crippen molar-refractivity contribution in [3.05, 3.63) is 0 Å². The van der Waals surface area contributed by atoms with Crippen LogP contribution in [0, 0.1) is 5.92 Å². The van der Waals surface area contributed by atoms with Crippen LogP contribution in [0.5, 0.6) is 0 Å². The van der Waals surface area contributed by atoms with Gasteiger partial charge in [-0.25, -0.2) is 8.42 Å². The van der Waals surface area contributed by atoms with Crippen LogP contribution < -0.4 is 10.6 Å². The van der Waals surface area contributed by atoms with Crippen LogP contribution in [0.15, 0.2) is 4.90 Å². The molecule has 0 saturated heterocycles. The van der Waals surface area contributed by atoms with Crippen LogP contribution >= 0.6 is 11.5 Å². The van der Waals surface area contributed by atoms with Gasteiger partial charge in [-0.15, -0.1) is 0 Å². The fourth-order valence-electron chi connectivity index (χ4n) is 2.28. The molecule has 0 spiro atoms. The molecule has 1 aromatic heterocycles. The summed E-state index contributed by atoms with van der Waals surface area (Å²) in [7, 11) is -1.52. The van der Waals surface area contributed by atoms with Crippen molar-refractivity contribution in [2.24, 2.45) is 5.92 Å². The van der Waals surface area contributed by atoms with Gasteiger partial charge < -0.3 is 15.7 Å². The lowest BCUT2D eigenvalue weighted by Crippen LogP contribution is -2.37. The summed E-state index contributed by atoms with van der Waals surface area (Å²) in [5.74, 6) is 0.501. The van der Waals surface area contributed by atoms with Crippen molar-refractivity contribution < 1.29 is 13.5 Å². The molecule has 19 heavy (non-hydrogen) atoms. The van der Waals surface area contributed by atoms with Gasteiger partial charge in [0.15, 0.2) is 15.7 Å². The largest absolute Gasteiger partial charge is 0.393 e. The first-order chi connectivity index (χ1) is 8.85. The molecule has 0 unspecified atom stereocenters. The predicted molar refractivity (Wildman–Crippen MR) is 76.3 cm³/mol. The molecular weight excluding hydrogens is 286 g/mol. The van der Waals surface area contributed by atoms with E-state index in [1.807, 2.05) is 11.9 Å². The van der Waals surface area contributed by atoms with Crippen LogP contribution in [0.1, 0.15) is 19.8 Å². The summed E-state index contributed by atoms with van der Waals surface area (Å²) in [6, 6.07) is 0. The highest BCUT2D eigenvalue weighted by molar-refractivity contribution is 7.91. The zero-order valence-electron chi connectivity index (χ0n) is 11.0. The highest BCUT2D eigenvalue weighted by atomic mass is 32.2. The number of aromatic nitrogens is 1. The van der Waals surface area contributed by atoms with Gasteiger partial charge in [-0.2, -0.15) is 4.37 Å². The van der Waals surface area contributed by atoms with Crippen molar-refractivity contribution in [1.82, 2.24) is 4.37 Å². The topological polar surface area (TPSA) is 96.5 Å². The molecule has 2 rings (SSSR count). The van der Waals surface area contributed by atoms with Crippen molar-refractivity contribution >= 4 is 32.2 Å². The van der Waals surface area contributed by atoms with E-state index in [0.29, 0.717) is 17.5 Å². The second-order valence-corrected chi connectivity index (χ2v) is 7.94. The molecule has 0 amide bonds. The number of sulfone groups is 1. The maximum atomic E-state index is 12.0. The third-order valence-corrected chi connectivity index (χ3v) is 6.33. The summed E-state index contributed by atoms with van der Waals surface area (Å²) in [6.07, 6.45) is 1.34. The number of nitrogens with zero attached hydrogens (tertiary/aromatic N) is 2. The van der Waals surface area contributed by atoms with Gasteiger partial charge in [0, 0.05) is 13.6 Å². The molecule has 6 nitrogen and oxygen atoms in total. The zero-order valence-corrected chi connectivity index (χ0v) is 12.7. The van der Waals surface area contributed by atoms with Crippen molar-refractivity contribution in [2.45, 2.75) is 30.8 Å². The highest BCUT2D eigenvalue weighted by Crippen LogP contribution is 2.37. The van der Waals surface area contributed by atoms with E-state index in [0.717, 1.165) is 24.4 Å². The van der Waals surface area contributed by atoms with Crippen molar-refractivity contribution in [3.63, 3.8) is 0 Å². The SMILES string of the molecule is CCS(=O)(=O)c1c(N)nsc1N(C)CC1CC(O)C1. The third-order valence-electron chi connectivity index (χ3n) is 3.44. The Hall–Kier alpha value is -0.860. The smallest absolute Gasteiger partial charge is 0.184 e. The first-order valence-corrected chi connectivity index (χ1v) is 8.64. The number of rotatable bonds is 5. The van der Waals surface area contributed by atoms with Gasteiger partial charge in [-0.05, 0) is 30.3 Å². The minimum absolute atomic E-state index is 0.0125. The van der Waals surface area contributed by atoms with Crippen molar-refractivity contribution in [1.29, 1.82) is 0 Å². The third kappa shape index (κ3) is 2.85. The summed E-state index contributed by atoms with van der Waals surface area (Å²) in [6.45, 7) is 2.31. The molecule has 0 bridgehead atoms. The number of hydrogen-bond donors (Lipinski definition) is 2. The summed E-state index contributed by atoms with van der Waals surface area (Å²) < 4.78 is 28.1. The lowest BCUT2D eigenvalue weighted by atomic mass is 9.82. The van der Waals surface area contributed by atoms with Crippen LogP contribution in [0.25, 0.3) is 0 Å². The molecule has 8 heteroatoms. The van der Waals surface area contributed by atoms with Crippen molar-refractivity contribution in [2.75, 3.05) is 30.0 Å². The lowest BCUT2D eigenvalue weighted by molar-refractivity contribution is 0.0465. The summed E-state index contributed by atoms with van der Waals surface area (Å²) in [4.78, 5) is 2.04. The molecule has 1 aliphatic carbocycles.